The summed E-state index contributed by atoms with van der Waals surface area (Å²) in [5.41, 5.74) is 2.85. The van der Waals surface area contributed by atoms with E-state index in [1.165, 1.54) is 0 Å². The molecule has 0 aliphatic carbocycles. The first-order chi connectivity index (χ1) is 12.1. The van der Waals surface area contributed by atoms with Crippen molar-refractivity contribution in [3.05, 3.63) is 63.9 Å². The van der Waals surface area contributed by atoms with Gasteiger partial charge in [-0.25, -0.2) is 9.78 Å². The fraction of sp³-hybridized carbons (Fsp3) is 0.222. The zero-order chi connectivity index (χ0) is 17.4. The maximum atomic E-state index is 12.3. The minimum atomic E-state index is -0.0875. The summed E-state index contributed by atoms with van der Waals surface area (Å²) in [7, 11) is 0. The first-order valence-electron chi connectivity index (χ1n) is 8.01. The molecule has 0 saturated carbocycles. The van der Waals surface area contributed by atoms with Crippen molar-refractivity contribution in [2.45, 2.75) is 19.0 Å². The molecule has 5 nitrogen and oxygen atoms in total. The number of carbonyl (C=O) groups excluding carboxylic acids is 1. The predicted molar refractivity (Wildman–Crippen MR) is 99.0 cm³/mol. The van der Waals surface area contributed by atoms with Gasteiger partial charge in [-0.1, -0.05) is 41.4 Å². The molecule has 2 heterocycles. The van der Waals surface area contributed by atoms with Gasteiger partial charge in [0.25, 0.3) is 0 Å². The first kappa shape index (κ1) is 16.2. The van der Waals surface area contributed by atoms with Crippen LogP contribution in [0.4, 0.5) is 4.79 Å². The molecule has 1 unspecified atom stereocenters. The number of halogens is 2. The Kier molecular flexibility index (Phi) is 4.27. The molecule has 1 aliphatic heterocycles. The fourth-order valence-corrected chi connectivity index (χ4v) is 3.61. The molecular formula is C18H16Cl2N4O. The van der Waals surface area contributed by atoms with Crippen LogP contribution in [0, 0.1) is 0 Å². The van der Waals surface area contributed by atoms with E-state index in [1.54, 1.807) is 11.0 Å². The van der Waals surface area contributed by atoms with Crippen molar-refractivity contribution in [3.63, 3.8) is 0 Å². The van der Waals surface area contributed by atoms with Gasteiger partial charge in [-0.2, -0.15) is 0 Å². The Morgan fingerprint density at radius 1 is 1.20 bits per heavy atom. The number of rotatable bonds is 4. The predicted octanol–water partition coefficient (Wildman–Crippen LogP) is 4.01. The van der Waals surface area contributed by atoms with Crippen LogP contribution in [0.25, 0.3) is 11.0 Å². The molecule has 7 heteroatoms. The minimum Gasteiger partial charge on any atom is -0.340 e. The number of fused-ring (bicyclic) bond motifs is 1. The second-order valence-electron chi connectivity index (χ2n) is 6.17. The zero-order valence-electron chi connectivity index (χ0n) is 13.3. The number of imidazole rings is 1. The van der Waals surface area contributed by atoms with Crippen molar-refractivity contribution in [1.82, 2.24) is 20.2 Å². The number of aromatic amines is 1. The summed E-state index contributed by atoms with van der Waals surface area (Å²) in [6, 6.07) is 13.2. The SMILES string of the molecule is O=C1NC(Cc2ccc(Cl)cc2Cl)CN1Cc1nc2ccccc2[nH]1. The maximum Gasteiger partial charge on any atom is 0.318 e. The average Bonchev–Trinajstić information content (AvgIpc) is 3.13. The van der Waals surface area contributed by atoms with Crippen molar-refractivity contribution in [3.8, 4) is 0 Å². The van der Waals surface area contributed by atoms with Crippen molar-refractivity contribution in [2.24, 2.45) is 0 Å². The van der Waals surface area contributed by atoms with E-state index in [-0.39, 0.29) is 12.1 Å². The van der Waals surface area contributed by atoms with Crippen LogP contribution in [-0.4, -0.2) is 33.5 Å². The van der Waals surface area contributed by atoms with E-state index in [0.717, 1.165) is 22.4 Å². The van der Waals surface area contributed by atoms with Crippen LogP contribution in [0.1, 0.15) is 11.4 Å². The van der Waals surface area contributed by atoms with Crippen LogP contribution in [0.5, 0.6) is 0 Å². The lowest BCUT2D eigenvalue weighted by Crippen LogP contribution is -2.29. The van der Waals surface area contributed by atoms with Crippen molar-refractivity contribution in [1.29, 1.82) is 0 Å². The summed E-state index contributed by atoms with van der Waals surface area (Å²) in [5.74, 6) is 0.779. The Balaban J connectivity index is 1.44. The number of hydrogen-bond acceptors (Lipinski definition) is 2. The summed E-state index contributed by atoms with van der Waals surface area (Å²) >= 11 is 12.2. The van der Waals surface area contributed by atoms with Gasteiger partial charge in [0.2, 0.25) is 0 Å². The molecule has 2 amide bonds. The molecule has 128 valence electrons. The molecule has 0 bridgehead atoms. The van der Waals surface area contributed by atoms with Gasteiger partial charge in [-0.3, -0.25) is 0 Å². The van der Waals surface area contributed by atoms with Gasteiger partial charge >= 0.3 is 6.03 Å². The van der Waals surface area contributed by atoms with E-state index in [0.29, 0.717) is 29.6 Å². The highest BCUT2D eigenvalue weighted by Gasteiger charge is 2.29. The molecule has 2 aromatic carbocycles. The van der Waals surface area contributed by atoms with E-state index < -0.39 is 0 Å². The molecule has 1 saturated heterocycles. The summed E-state index contributed by atoms with van der Waals surface area (Å²) in [6.45, 7) is 1.06. The van der Waals surface area contributed by atoms with E-state index in [4.69, 9.17) is 23.2 Å². The molecule has 25 heavy (non-hydrogen) atoms. The monoisotopic (exact) mass is 374 g/mol. The second-order valence-corrected chi connectivity index (χ2v) is 7.01. The van der Waals surface area contributed by atoms with Crippen LogP contribution in [0.15, 0.2) is 42.5 Å². The number of H-pyrrole nitrogens is 1. The van der Waals surface area contributed by atoms with Gasteiger partial charge in [0.15, 0.2) is 0 Å². The molecule has 2 N–H and O–H groups in total. The Bertz CT molecular complexity index is 907. The molecule has 1 aliphatic rings. The van der Waals surface area contributed by atoms with Crippen molar-refractivity contribution < 1.29 is 4.79 Å². The van der Waals surface area contributed by atoms with E-state index in [9.17, 15) is 4.79 Å². The summed E-state index contributed by atoms with van der Waals surface area (Å²) < 4.78 is 0. The molecular weight excluding hydrogens is 359 g/mol. The van der Waals surface area contributed by atoms with Crippen LogP contribution < -0.4 is 5.32 Å². The van der Waals surface area contributed by atoms with Gasteiger partial charge in [0.1, 0.15) is 5.82 Å². The minimum absolute atomic E-state index is 0.00977. The van der Waals surface area contributed by atoms with Gasteiger partial charge in [0.05, 0.1) is 23.6 Å². The topological polar surface area (TPSA) is 61.0 Å². The number of hydrogen-bond donors (Lipinski definition) is 2. The zero-order valence-corrected chi connectivity index (χ0v) is 14.8. The van der Waals surface area contributed by atoms with Gasteiger partial charge in [0, 0.05) is 16.6 Å². The highest BCUT2D eigenvalue weighted by molar-refractivity contribution is 6.35. The average molecular weight is 375 g/mol. The number of benzene rings is 2. The van der Waals surface area contributed by atoms with Crippen LogP contribution in [0.2, 0.25) is 10.0 Å². The van der Waals surface area contributed by atoms with Gasteiger partial charge in [-0.05, 0) is 36.2 Å². The number of aromatic nitrogens is 2. The van der Waals surface area contributed by atoms with Gasteiger partial charge in [-0.15, -0.1) is 0 Å². The summed E-state index contributed by atoms with van der Waals surface area (Å²) in [4.78, 5) is 21.8. The number of nitrogens with one attached hydrogen (secondary N) is 2. The smallest absolute Gasteiger partial charge is 0.318 e. The number of amides is 2. The van der Waals surface area contributed by atoms with Crippen molar-refractivity contribution in [2.75, 3.05) is 6.54 Å². The maximum absolute atomic E-state index is 12.3. The standard InChI is InChI=1S/C18H16Cl2N4O/c19-12-6-5-11(14(20)8-12)7-13-9-24(18(25)21-13)10-17-22-15-3-1-2-4-16(15)23-17/h1-6,8,13H,7,9-10H2,(H,21,25)(H,22,23). The molecule has 3 aromatic rings. The van der Waals surface area contributed by atoms with Crippen LogP contribution in [-0.2, 0) is 13.0 Å². The molecule has 1 fully saturated rings. The van der Waals surface area contributed by atoms with Crippen LogP contribution >= 0.6 is 23.2 Å². The van der Waals surface area contributed by atoms with Crippen LogP contribution in [0.3, 0.4) is 0 Å². The third-order valence-electron chi connectivity index (χ3n) is 4.32. The third-order valence-corrected chi connectivity index (χ3v) is 4.90. The van der Waals surface area contributed by atoms with E-state index >= 15 is 0 Å². The summed E-state index contributed by atoms with van der Waals surface area (Å²) in [5, 5.41) is 4.23. The quantitative estimate of drug-likeness (QED) is 0.724. The second kappa shape index (κ2) is 6.58. The summed E-state index contributed by atoms with van der Waals surface area (Å²) in [6.07, 6.45) is 0.665. The normalized spacial score (nSPS) is 17.3. The molecule has 0 spiro atoms. The van der Waals surface area contributed by atoms with Crippen molar-refractivity contribution >= 4 is 40.3 Å². The molecule has 4 rings (SSSR count). The molecule has 1 atom stereocenters. The number of carbonyl (C=O) groups is 1. The Hall–Kier alpha value is -2.24. The largest absolute Gasteiger partial charge is 0.340 e. The highest BCUT2D eigenvalue weighted by atomic mass is 35.5. The number of nitrogens with zero attached hydrogens (tertiary/aromatic N) is 2. The Labute approximate surface area is 154 Å². The number of urea groups is 1. The lowest BCUT2D eigenvalue weighted by molar-refractivity contribution is 0.214. The lowest BCUT2D eigenvalue weighted by Gasteiger charge is -2.13. The molecule has 1 aromatic heterocycles. The third kappa shape index (κ3) is 3.43. The Morgan fingerprint density at radius 3 is 2.84 bits per heavy atom. The Morgan fingerprint density at radius 2 is 2.04 bits per heavy atom. The lowest BCUT2D eigenvalue weighted by atomic mass is 10.1. The highest BCUT2D eigenvalue weighted by Crippen LogP contribution is 2.23. The molecule has 0 radical (unpaired) electrons. The first-order valence-corrected chi connectivity index (χ1v) is 8.77. The fourth-order valence-electron chi connectivity index (χ4n) is 3.13. The van der Waals surface area contributed by atoms with Gasteiger partial charge < -0.3 is 15.2 Å². The van der Waals surface area contributed by atoms with E-state index in [1.807, 2.05) is 36.4 Å². The number of para-hydroxylation sites is 2. The van der Waals surface area contributed by atoms with E-state index in [2.05, 4.69) is 15.3 Å².